The first kappa shape index (κ1) is 10.5. The Balaban J connectivity index is 2.36. The van der Waals surface area contributed by atoms with Crippen LogP contribution >= 0.6 is 0 Å². The molecule has 2 rings (SSSR count). The molecular formula is C10H12FN5. The van der Waals surface area contributed by atoms with Crippen molar-refractivity contribution < 1.29 is 4.39 Å². The van der Waals surface area contributed by atoms with Gasteiger partial charge in [-0.15, -0.1) is 5.10 Å². The van der Waals surface area contributed by atoms with Gasteiger partial charge in [-0.25, -0.2) is 9.07 Å². The first-order valence-electron chi connectivity index (χ1n) is 4.96. The molecule has 0 aliphatic rings. The summed E-state index contributed by atoms with van der Waals surface area (Å²) in [6.45, 7) is 3.90. The minimum Gasteiger partial charge on any atom is -0.380 e. The first-order valence-corrected chi connectivity index (χ1v) is 4.96. The van der Waals surface area contributed by atoms with Crippen LogP contribution in [0.1, 0.15) is 13.8 Å². The third kappa shape index (κ3) is 2.16. The number of rotatable bonds is 3. The molecule has 1 heterocycles. The first-order chi connectivity index (χ1) is 7.66. The second kappa shape index (κ2) is 4.26. The van der Waals surface area contributed by atoms with Crippen LogP contribution in [0, 0.1) is 5.82 Å². The molecular weight excluding hydrogens is 209 g/mol. The second-order valence-electron chi connectivity index (χ2n) is 3.72. The van der Waals surface area contributed by atoms with E-state index in [9.17, 15) is 4.39 Å². The standard InChI is InChI=1S/C10H12FN5/c1-7(2)13-10-5-8(3-4-9(10)11)16-6-12-14-15-16/h3-7,13H,1-2H3. The number of nitrogens with zero attached hydrogens (tertiary/aromatic N) is 4. The quantitative estimate of drug-likeness (QED) is 0.855. The van der Waals surface area contributed by atoms with Crippen molar-refractivity contribution >= 4 is 5.69 Å². The predicted octanol–water partition coefficient (Wildman–Crippen LogP) is 1.62. The lowest BCUT2D eigenvalue weighted by Crippen LogP contribution is -2.11. The molecule has 0 spiro atoms. The summed E-state index contributed by atoms with van der Waals surface area (Å²) in [5.74, 6) is -0.287. The number of hydrogen-bond donors (Lipinski definition) is 1. The highest BCUT2D eigenvalue weighted by atomic mass is 19.1. The van der Waals surface area contributed by atoms with E-state index in [4.69, 9.17) is 0 Å². The fraction of sp³-hybridized carbons (Fsp3) is 0.300. The van der Waals surface area contributed by atoms with Gasteiger partial charge in [-0.2, -0.15) is 0 Å². The van der Waals surface area contributed by atoms with E-state index in [1.807, 2.05) is 13.8 Å². The van der Waals surface area contributed by atoms with Gasteiger partial charge in [0.05, 0.1) is 11.4 Å². The third-order valence-corrected chi connectivity index (χ3v) is 2.01. The predicted molar refractivity (Wildman–Crippen MR) is 57.9 cm³/mol. The van der Waals surface area contributed by atoms with Crippen molar-refractivity contribution in [1.82, 2.24) is 20.2 Å². The van der Waals surface area contributed by atoms with Crippen molar-refractivity contribution in [2.45, 2.75) is 19.9 Å². The van der Waals surface area contributed by atoms with E-state index in [0.29, 0.717) is 5.69 Å². The monoisotopic (exact) mass is 221 g/mol. The summed E-state index contributed by atoms with van der Waals surface area (Å²) in [6, 6.07) is 4.85. The van der Waals surface area contributed by atoms with Crippen molar-refractivity contribution in [2.24, 2.45) is 0 Å². The van der Waals surface area contributed by atoms with Crippen LogP contribution in [0.4, 0.5) is 10.1 Å². The molecule has 0 saturated carbocycles. The summed E-state index contributed by atoms with van der Waals surface area (Å²) in [6.07, 6.45) is 1.46. The van der Waals surface area contributed by atoms with Gasteiger partial charge in [-0.05, 0) is 42.5 Å². The maximum atomic E-state index is 13.4. The maximum absolute atomic E-state index is 13.4. The molecule has 0 fully saturated rings. The molecule has 0 radical (unpaired) electrons. The number of anilines is 1. The fourth-order valence-corrected chi connectivity index (χ4v) is 1.36. The summed E-state index contributed by atoms with van der Waals surface area (Å²) in [5, 5.41) is 13.8. The SMILES string of the molecule is CC(C)Nc1cc(-n2cnnn2)ccc1F. The molecule has 5 nitrogen and oxygen atoms in total. The van der Waals surface area contributed by atoms with Crippen molar-refractivity contribution in [3.05, 3.63) is 30.3 Å². The van der Waals surface area contributed by atoms with Crippen molar-refractivity contribution in [1.29, 1.82) is 0 Å². The Morgan fingerprint density at radius 1 is 1.38 bits per heavy atom. The van der Waals surface area contributed by atoms with Gasteiger partial charge < -0.3 is 5.32 Å². The number of hydrogen-bond acceptors (Lipinski definition) is 4. The largest absolute Gasteiger partial charge is 0.380 e. The van der Waals surface area contributed by atoms with Gasteiger partial charge in [-0.3, -0.25) is 0 Å². The van der Waals surface area contributed by atoms with Crippen molar-refractivity contribution in [3.63, 3.8) is 0 Å². The van der Waals surface area contributed by atoms with Crippen molar-refractivity contribution in [2.75, 3.05) is 5.32 Å². The number of aromatic nitrogens is 4. The second-order valence-corrected chi connectivity index (χ2v) is 3.72. The summed E-state index contributed by atoms with van der Waals surface area (Å²) in [7, 11) is 0. The van der Waals surface area contributed by atoms with Crippen LogP contribution in [0.25, 0.3) is 5.69 Å². The van der Waals surface area contributed by atoms with Crippen LogP contribution in [0.3, 0.4) is 0 Å². The molecule has 84 valence electrons. The third-order valence-electron chi connectivity index (χ3n) is 2.01. The van der Waals surface area contributed by atoms with Gasteiger partial charge in [0.15, 0.2) is 0 Å². The zero-order valence-corrected chi connectivity index (χ0v) is 9.05. The molecule has 0 atom stereocenters. The van der Waals surface area contributed by atoms with E-state index in [1.54, 1.807) is 12.1 Å². The molecule has 0 aliphatic heterocycles. The number of benzene rings is 1. The van der Waals surface area contributed by atoms with Gasteiger partial charge in [0.2, 0.25) is 0 Å². The molecule has 0 saturated heterocycles. The summed E-state index contributed by atoms with van der Waals surface area (Å²) in [5.41, 5.74) is 1.16. The molecule has 2 aromatic rings. The topological polar surface area (TPSA) is 55.6 Å². The summed E-state index contributed by atoms with van der Waals surface area (Å²) < 4.78 is 14.9. The van der Waals surface area contributed by atoms with Crippen LogP contribution in [-0.2, 0) is 0 Å². The normalized spacial score (nSPS) is 10.8. The minimum atomic E-state index is -0.287. The molecule has 1 N–H and O–H groups in total. The fourth-order valence-electron chi connectivity index (χ4n) is 1.36. The lowest BCUT2D eigenvalue weighted by atomic mass is 10.2. The van der Waals surface area contributed by atoms with E-state index in [1.165, 1.54) is 17.1 Å². The van der Waals surface area contributed by atoms with Gasteiger partial charge in [0.1, 0.15) is 12.1 Å². The number of tetrazole rings is 1. The van der Waals surface area contributed by atoms with E-state index in [-0.39, 0.29) is 11.9 Å². The van der Waals surface area contributed by atoms with E-state index >= 15 is 0 Å². The van der Waals surface area contributed by atoms with Crippen LogP contribution in [-0.4, -0.2) is 26.2 Å². The highest BCUT2D eigenvalue weighted by Crippen LogP contribution is 2.18. The average Bonchev–Trinajstić information content (AvgIpc) is 2.73. The lowest BCUT2D eigenvalue weighted by Gasteiger charge is -2.11. The molecule has 0 amide bonds. The van der Waals surface area contributed by atoms with Gasteiger partial charge in [-0.1, -0.05) is 0 Å². The molecule has 6 heteroatoms. The van der Waals surface area contributed by atoms with Crippen LogP contribution in [0.5, 0.6) is 0 Å². The Morgan fingerprint density at radius 2 is 2.19 bits per heavy atom. The Morgan fingerprint density at radius 3 is 2.81 bits per heavy atom. The lowest BCUT2D eigenvalue weighted by molar-refractivity contribution is 0.627. The van der Waals surface area contributed by atoms with E-state index in [0.717, 1.165) is 5.69 Å². The molecule has 0 aliphatic carbocycles. The zero-order valence-electron chi connectivity index (χ0n) is 9.05. The minimum absolute atomic E-state index is 0.165. The van der Waals surface area contributed by atoms with Crippen molar-refractivity contribution in [3.8, 4) is 5.69 Å². The zero-order chi connectivity index (χ0) is 11.5. The Labute approximate surface area is 92.3 Å². The summed E-state index contributed by atoms with van der Waals surface area (Å²) >= 11 is 0. The number of nitrogens with one attached hydrogen (secondary N) is 1. The Kier molecular flexibility index (Phi) is 2.80. The summed E-state index contributed by atoms with van der Waals surface area (Å²) in [4.78, 5) is 0. The van der Waals surface area contributed by atoms with Crippen LogP contribution < -0.4 is 5.32 Å². The van der Waals surface area contributed by atoms with E-state index in [2.05, 4.69) is 20.8 Å². The van der Waals surface area contributed by atoms with Crippen LogP contribution in [0.2, 0.25) is 0 Å². The molecule has 1 aromatic heterocycles. The van der Waals surface area contributed by atoms with Gasteiger partial charge in [0, 0.05) is 6.04 Å². The molecule has 0 unspecified atom stereocenters. The maximum Gasteiger partial charge on any atom is 0.146 e. The van der Waals surface area contributed by atoms with Crippen LogP contribution in [0.15, 0.2) is 24.5 Å². The molecule has 16 heavy (non-hydrogen) atoms. The average molecular weight is 221 g/mol. The smallest absolute Gasteiger partial charge is 0.146 e. The van der Waals surface area contributed by atoms with Gasteiger partial charge >= 0.3 is 0 Å². The van der Waals surface area contributed by atoms with Gasteiger partial charge in [0.25, 0.3) is 0 Å². The Bertz CT molecular complexity index is 466. The van der Waals surface area contributed by atoms with E-state index < -0.39 is 0 Å². The molecule has 1 aromatic carbocycles. The highest BCUT2D eigenvalue weighted by molar-refractivity contribution is 5.52. The Hall–Kier alpha value is -1.98. The number of halogens is 1. The highest BCUT2D eigenvalue weighted by Gasteiger charge is 2.06. The molecule has 0 bridgehead atoms.